The van der Waals surface area contributed by atoms with Crippen molar-refractivity contribution < 1.29 is 18.7 Å². The van der Waals surface area contributed by atoms with E-state index < -0.39 is 5.82 Å². The van der Waals surface area contributed by atoms with Gasteiger partial charge in [-0.25, -0.2) is 4.39 Å². The molecule has 1 atom stereocenters. The molecule has 1 amide bonds. The lowest BCUT2D eigenvalue weighted by Crippen LogP contribution is -2.37. The highest BCUT2D eigenvalue weighted by molar-refractivity contribution is 5.94. The molecule has 1 aromatic carbocycles. The molecular formula is C16H20FNO3. The van der Waals surface area contributed by atoms with Crippen molar-refractivity contribution in [3.05, 3.63) is 29.6 Å². The average molecular weight is 293 g/mol. The summed E-state index contributed by atoms with van der Waals surface area (Å²) in [4.78, 5) is 14.5. The van der Waals surface area contributed by atoms with Gasteiger partial charge in [0.15, 0.2) is 11.6 Å². The Labute approximate surface area is 123 Å². The van der Waals surface area contributed by atoms with Gasteiger partial charge in [0.2, 0.25) is 0 Å². The highest BCUT2D eigenvalue weighted by Crippen LogP contribution is 2.31. The van der Waals surface area contributed by atoms with E-state index in [1.54, 1.807) is 6.07 Å². The molecule has 0 radical (unpaired) electrons. The molecule has 1 saturated heterocycles. The van der Waals surface area contributed by atoms with Gasteiger partial charge in [-0.2, -0.15) is 0 Å². The predicted molar refractivity (Wildman–Crippen MR) is 75.9 cm³/mol. The lowest BCUT2D eigenvalue weighted by atomic mass is 10.1. The number of carbonyl (C=O) groups is 1. The van der Waals surface area contributed by atoms with Gasteiger partial charge in [0.05, 0.1) is 13.7 Å². The molecule has 0 aromatic heterocycles. The van der Waals surface area contributed by atoms with Crippen molar-refractivity contribution in [3.63, 3.8) is 0 Å². The minimum absolute atomic E-state index is 0.0917. The Balaban J connectivity index is 1.75. The first-order valence-electron chi connectivity index (χ1n) is 7.41. The number of amides is 1. The third-order valence-corrected chi connectivity index (χ3v) is 4.13. The van der Waals surface area contributed by atoms with E-state index in [0.717, 1.165) is 25.9 Å². The molecule has 1 aromatic rings. The number of ether oxygens (including phenoxy) is 2. The summed E-state index contributed by atoms with van der Waals surface area (Å²) in [5.41, 5.74) is 0.388. The molecule has 5 heteroatoms. The standard InChI is InChI=1S/C16H20FNO3/c1-20-15-5-2-12(8-14(15)17)16(19)18(13-3-4-13)9-11-6-7-21-10-11/h2,5,8,11,13H,3-4,6-7,9-10H2,1H3/t11-/m1/s1. The largest absolute Gasteiger partial charge is 0.494 e. The van der Waals surface area contributed by atoms with E-state index in [1.165, 1.54) is 19.2 Å². The van der Waals surface area contributed by atoms with Crippen molar-refractivity contribution in [2.24, 2.45) is 5.92 Å². The Kier molecular flexibility index (Phi) is 4.10. The summed E-state index contributed by atoms with van der Waals surface area (Å²) >= 11 is 0. The Morgan fingerprint density at radius 3 is 2.81 bits per heavy atom. The molecule has 1 aliphatic carbocycles. The molecule has 2 fully saturated rings. The minimum atomic E-state index is -0.497. The number of benzene rings is 1. The third kappa shape index (κ3) is 3.18. The number of nitrogens with zero attached hydrogens (tertiary/aromatic N) is 1. The zero-order chi connectivity index (χ0) is 14.8. The molecule has 3 rings (SSSR count). The van der Waals surface area contributed by atoms with Crippen LogP contribution in [0, 0.1) is 11.7 Å². The van der Waals surface area contributed by atoms with Crippen LogP contribution in [0.4, 0.5) is 4.39 Å². The van der Waals surface area contributed by atoms with Crippen LogP contribution >= 0.6 is 0 Å². The maximum Gasteiger partial charge on any atom is 0.254 e. The summed E-state index contributed by atoms with van der Waals surface area (Å²) in [7, 11) is 1.41. The zero-order valence-corrected chi connectivity index (χ0v) is 12.2. The van der Waals surface area contributed by atoms with Crippen LogP contribution < -0.4 is 4.74 Å². The van der Waals surface area contributed by atoms with E-state index >= 15 is 0 Å². The number of methoxy groups -OCH3 is 1. The molecule has 0 spiro atoms. The average Bonchev–Trinajstić information content (AvgIpc) is 3.20. The molecule has 1 aliphatic heterocycles. The summed E-state index contributed by atoms with van der Waals surface area (Å²) < 4.78 is 24.0. The van der Waals surface area contributed by atoms with Crippen LogP contribution in [0.15, 0.2) is 18.2 Å². The highest BCUT2D eigenvalue weighted by Gasteiger charge is 2.35. The molecule has 0 bridgehead atoms. The molecule has 0 N–H and O–H groups in total. The Morgan fingerprint density at radius 2 is 2.24 bits per heavy atom. The van der Waals surface area contributed by atoms with Gasteiger partial charge in [0.1, 0.15) is 0 Å². The summed E-state index contributed by atoms with van der Waals surface area (Å²) in [5.74, 6) is -0.0272. The number of rotatable bonds is 5. The van der Waals surface area contributed by atoms with E-state index in [-0.39, 0.29) is 11.7 Å². The van der Waals surface area contributed by atoms with Gasteiger partial charge >= 0.3 is 0 Å². The highest BCUT2D eigenvalue weighted by atomic mass is 19.1. The van der Waals surface area contributed by atoms with Gasteiger partial charge in [0.25, 0.3) is 5.91 Å². The molecule has 21 heavy (non-hydrogen) atoms. The third-order valence-electron chi connectivity index (χ3n) is 4.13. The van der Waals surface area contributed by atoms with E-state index in [9.17, 15) is 9.18 Å². The first-order valence-corrected chi connectivity index (χ1v) is 7.41. The van der Waals surface area contributed by atoms with Gasteiger partial charge in [-0.1, -0.05) is 0 Å². The predicted octanol–water partition coefficient (Wildman–Crippen LogP) is 2.48. The van der Waals surface area contributed by atoms with E-state index in [4.69, 9.17) is 9.47 Å². The van der Waals surface area contributed by atoms with E-state index in [0.29, 0.717) is 30.7 Å². The normalized spacial score (nSPS) is 21.3. The SMILES string of the molecule is COc1ccc(C(=O)N(C[C@H]2CCOC2)C2CC2)cc1F. The molecule has 1 heterocycles. The topological polar surface area (TPSA) is 38.8 Å². The summed E-state index contributed by atoms with van der Waals surface area (Å²) in [6.07, 6.45) is 3.07. The quantitative estimate of drug-likeness (QED) is 0.837. The second kappa shape index (κ2) is 6.02. The second-order valence-electron chi connectivity index (χ2n) is 5.77. The number of carbonyl (C=O) groups excluding carboxylic acids is 1. The summed E-state index contributed by atoms with van der Waals surface area (Å²) in [6.45, 7) is 2.19. The van der Waals surface area contributed by atoms with E-state index in [2.05, 4.69) is 0 Å². The second-order valence-corrected chi connectivity index (χ2v) is 5.77. The molecule has 4 nitrogen and oxygen atoms in total. The van der Waals surface area contributed by atoms with Crippen molar-refractivity contribution in [1.29, 1.82) is 0 Å². The fourth-order valence-electron chi connectivity index (χ4n) is 2.75. The van der Waals surface area contributed by atoms with Gasteiger partial charge in [-0.05, 0) is 37.5 Å². The molecular weight excluding hydrogens is 273 g/mol. The fraction of sp³-hybridized carbons (Fsp3) is 0.562. The smallest absolute Gasteiger partial charge is 0.254 e. The fourth-order valence-corrected chi connectivity index (χ4v) is 2.75. The van der Waals surface area contributed by atoms with Crippen LogP contribution in [0.2, 0.25) is 0 Å². The first-order chi connectivity index (χ1) is 10.2. The molecule has 2 aliphatic rings. The number of halogens is 1. The van der Waals surface area contributed by atoms with E-state index in [1.807, 2.05) is 4.90 Å². The molecule has 114 valence electrons. The summed E-state index contributed by atoms with van der Waals surface area (Å²) in [5, 5.41) is 0. The van der Waals surface area contributed by atoms with Crippen LogP contribution in [0.3, 0.4) is 0 Å². The maximum absolute atomic E-state index is 13.8. The van der Waals surface area contributed by atoms with Crippen molar-refractivity contribution >= 4 is 5.91 Å². The Morgan fingerprint density at radius 1 is 1.43 bits per heavy atom. The lowest BCUT2D eigenvalue weighted by Gasteiger charge is -2.25. The Bertz CT molecular complexity index is 524. The summed E-state index contributed by atoms with van der Waals surface area (Å²) in [6, 6.07) is 4.71. The van der Waals surface area contributed by atoms with Crippen molar-refractivity contribution in [2.45, 2.75) is 25.3 Å². The van der Waals surface area contributed by atoms with Crippen molar-refractivity contribution in [2.75, 3.05) is 26.9 Å². The minimum Gasteiger partial charge on any atom is -0.494 e. The first kappa shape index (κ1) is 14.3. The monoisotopic (exact) mass is 293 g/mol. The van der Waals surface area contributed by atoms with Gasteiger partial charge in [-0.3, -0.25) is 4.79 Å². The maximum atomic E-state index is 13.8. The molecule has 1 saturated carbocycles. The van der Waals surface area contributed by atoms with Crippen LogP contribution in [0.25, 0.3) is 0 Å². The molecule has 0 unspecified atom stereocenters. The van der Waals surface area contributed by atoms with Crippen molar-refractivity contribution in [1.82, 2.24) is 4.90 Å². The van der Waals surface area contributed by atoms with Crippen molar-refractivity contribution in [3.8, 4) is 5.75 Å². The number of hydrogen-bond acceptors (Lipinski definition) is 3. The van der Waals surface area contributed by atoms with Gasteiger partial charge in [-0.15, -0.1) is 0 Å². The zero-order valence-electron chi connectivity index (χ0n) is 12.2. The Hall–Kier alpha value is -1.62. The number of hydrogen-bond donors (Lipinski definition) is 0. The van der Waals surface area contributed by atoms with Crippen LogP contribution in [0.1, 0.15) is 29.6 Å². The van der Waals surface area contributed by atoms with Crippen LogP contribution in [-0.4, -0.2) is 43.7 Å². The van der Waals surface area contributed by atoms with Gasteiger partial charge in [0, 0.05) is 30.7 Å². The van der Waals surface area contributed by atoms with Crippen LogP contribution in [0.5, 0.6) is 5.75 Å². The van der Waals surface area contributed by atoms with Gasteiger partial charge < -0.3 is 14.4 Å². The lowest BCUT2D eigenvalue weighted by molar-refractivity contribution is 0.0705. The van der Waals surface area contributed by atoms with Crippen LogP contribution in [-0.2, 0) is 4.74 Å².